The van der Waals surface area contributed by atoms with E-state index in [1.165, 1.54) is 31.0 Å². The van der Waals surface area contributed by atoms with E-state index in [2.05, 4.69) is 67.5 Å². The average molecular weight is 599 g/mol. The van der Waals surface area contributed by atoms with E-state index < -0.39 is 21.8 Å². The molecule has 39 heavy (non-hydrogen) atoms. The van der Waals surface area contributed by atoms with Crippen molar-refractivity contribution in [2.75, 3.05) is 11.5 Å². The van der Waals surface area contributed by atoms with Crippen LogP contribution in [0.5, 0.6) is 0 Å². The van der Waals surface area contributed by atoms with Crippen molar-refractivity contribution >= 4 is 55.9 Å². The minimum absolute atomic E-state index is 0.147. The number of hydrogen-bond donors (Lipinski definition) is 0. The maximum atomic E-state index is 13.4. The highest BCUT2D eigenvalue weighted by Gasteiger charge is 2.46. The molecule has 208 valence electrons. The maximum absolute atomic E-state index is 13.4. The minimum atomic E-state index is -1.24. The Hall–Kier alpha value is -1.92. The van der Waals surface area contributed by atoms with Gasteiger partial charge in [-0.15, -0.1) is 34.0 Å². The predicted octanol–water partition coefficient (Wildman–Crippen LogP) is 10.2. The summed E-state index contributed by atoms with van der Waals surface area (Å²) in [5, 5.41) is 9.60. The van der Waals surface area contributed by atoms with Gasteiger partial charge >= 0.3 is 0 Å². The Bertz CT molecular complexity index is 1490. The fraction of sp³-hybridized carbons (Fsp3) is 0.516. The Balaban J connectivity index is 1.76. The third-order valence-electron chi connectivity index (χ3n) is 7.95. The molecule has 0 radical (unpaired) electrons. The van der Waals surface area contributed by atoms with Crippen LogP contribution in [0.15, 0.2) is 21.9 Å². The standard InChI is InChI=1S/C31H38N2O2S4/c1-9-18(7)20-11-22-28(36-20)29-23(39(22,13-16(3)4)14-17(5)6)12-21(37-29)27-25-24(26(38-27)19(8)10-2)30(34)33(15-32)31(25)35/h11-12,16-19H,9-10,13-14H2,1-8H3. The van der Waals surface area contributed by atoms with E-state index in [4.69, 9.17) is 0 Å². The summed E-state index contributed by atoms with van der Waals surface area (Å²) in [6, 6.07) is 4.91. The van der Waals surface area contributed by atoms with Crippen molar-refractivity contribution in [2.24, 2.45) is 11.8 Å². The molecule has 2 unspecified atom stereocenters. The van der Waals surface area contributed by atoms with Crippen LogP contribution in [0, 0.1) is 23.3 Å². The molecule has 3 aromatic rings. The Morgan fingerprint density at radius 1 is 0.795 bits per heavy atom. The summed E-state index contributed by atoms with van der Waals surface area (Å²) >= 11 is 5.36. The van der Waals surface area contributed by atoms with E-state index in [1.54, 1.807) is 27.6 Å². The van der Waals surface area contributed by atoms with E-state index in [9.17, 15) is 14.9 Å². The number of carbonyl (C=O) groups excluding carboxylic acids is 2. The van der Waals surface area contributed by atoms with Crippen LogP contribution in [-0.2, 0) is 0 Å². The molecule has 0 aromatic carbocycles. The zero-order valence-electron chi connectivity index (χ0n) is 24.1. The van der Waals surface area contributed by atoms with Crippen molar-refractivity contribution in [3.05, 3.63) is 33.0 Å². The first-order valence-corrected chi connectivity index (χ1v) is 18.4. The number of amides is 2. The van der Waals surface area contributed by atoms with Gasteiger partial charge in [0.25, 0.3) is 11.8 Å². The van der Waals surface area contributed by atoms with Gasteiger partial charge in [0.15, 0.2) is 6.19 Å². The molecule has 5 heterocycles. The zero-order chi connectivity index (χ0) is 28.4. The van der Waals surface area contributed by atoms with Crippen LogP contribution in [0.3, 0.4) is 0 Å². The minimum Gasteiger partial charge on any atom is -0.267 e. The molecule has 8 heteroatoms. The molecule has 0 N–H and O–H groups in total. The quantitative estimate of drug-likeness (QED) is 0.182. The second-order valence-corrected chi connectivity index (χ2v) is 18.4. The zero-order valence-corrected chi connectivity index (χ0v) is 27.4. The molecule has 0 aliphatic carbocycles. The number of thiophene rings is 3. The first-order valence-electron chi connectivity index (χ1n) is 14.0. The summed E-state index contributed by atoms with van der Waals surface area (Å²) in [6.07, 6.45) is 3.83. The molecule has 2 aliphatic heterocycles. The van der Waals surface area contributed by atoms with E-state index in [0.717, 1.165) is 32.4 Å². The molecular formula is C31H38N2O2S4. The van der Waals surface area contributed by atoms with Gasteiger partial charge in [-0.25, -0.2) is 0 Å². The fourth-order valence-electron chi connectivity index (χ4n) is 5.88. The number of carbonyl (C=O) groups is 2. The van der Waals surface area contributed by atoms with Gasteiger partial charge in [-0.05, 0) is 60.2 Å². The lowest BCUT2D eigenvalue weighted by Crippen LogP contribution is -2.24. The second-order valence-electron chi connectivity index (χ2n) is 11.9. The normalized spacial score (nSPS) is 17.9. The summed E-state index contributed by atoms with van der Waals surface area (Å²) in [5.74, 6) is 3.23. The van der Waals surface area contributed by atoms with Crippen LogP contribution < -0.4 is 0 Å². The predicted molar refractivity (Wildman–Crippen MR) is 168 cm³/mol. The molecule has 2 amide bonds. The van der Waals surface area contributed by atoms with Crippen LogP contribution in [0.2, 0.25) is 0 Å². The van der Waals surface area contributed by atoms with Gasteiger partial charge in [-0.2, -0.15) is 20.2 Å². The Morgan fingerprint density at radius 3 is 1.92 bits per heavy atom. The van der Waals surface area contributed by atoms with E-state index in [1.807, 2.05) is 17.5 Å². The van der Waals surface area contributed by atoms with Crippen LogP contribution in [0.1, 0.15) is 111 Å². The lowest BCUT2D eigenvalue weighted by molar-refractivity contribution is 0.0732. The third-order valence-corrected chi connectivity index (χ3v) is 17.3. The highest BCUT2D eigenvalue weighted by atomic mass is 32.3. The number of hydrogen-bond acceptors (Lipinski definition) is 6. The molecule has 2 aliphatic rings. The molecule has 0 fully saturated rings. The summed E-state index contributed by atoms with van der Waals surface area (Å²) in [7, 11) is -1.24. The molecule has 3 aromatic heterocycles. The smallest absolute Gasteiger partial charge is 0.267 e. The lowest BCUT2D eigenvalue weighted by atomic mass is 10.0. The van der Waals surface area contributed by atoms with Crippen LogP contribution in [0.25, 0.3) is 19.5 Å². The Kier molecular flexibility index (Phi) is 7.69. The molecule has 0 bridgehead atoms. The monoisotopic (exact) mass is 598 g/mol. The van der Waals surface area contributed by atoms with Crippen molar-refractivity contribution in [1.82, 2.24) is 4.90 Å². The lowest BCUT2D eigenvalue weighted by Gasteiger charge is -2.40. The fourth-order valence-corrected chi connectivity index (χ4v) is 16.3. The van der Waals surface area contributed by atoms with Gasteiger partial charge in [0.05, 0.1) is 25.8 Å². The second kappa shape index (κ2) is 10.5. The highest BCUT2D eigenvalue weighted by molar-refractivity contribution is 8.34. The average Bonchev–Trinajstić information content (AvgIpc) is 3.66. The Morgan fingerprint density at radius 2 is 1.36 bits per heavy atom. The van der Waals surface area contributed by atoms with Crippen molar-refractivity contribution in [2.45, 2.75) is 89.9 Å². The third kappa shape index (κ3) is 4.36. The number of imide groups is 1. The molecule has 0 spiro atoms. The SMILES string of the molecule is CCC(C)c1cc2c(s1)-c1sc(-c3sc(C(C)CC)c4c3C(=O)N(C#N)C4=O)cc1S2(CC(C)C)CC(C)C. The van der Waals surface area contributed by atoms with Gasteiger partial charge in [-0.3, -0.25) is 9.59 Å². The van der Waals surface area contributed by atoms with E-state index in [-0.39, 0.29) is 5.92 Å². The molecule has 4 nitrogen and oxygen atoms in total. The van der Waals surface area contributed by atoms with Crippen molar-refractivity contribution in [1.29, 1.82) is 5.26 Å². The number of rotatable bonds is 9. The topological polar surface area (TPSA) is 61.2 Å². The number of nitriles is 1. The van der Waals surface area contributed by atoms with Crippen molar-refractivity contribution in [3.8, 4) is 25.7 Å². The number of fused-ring (bicyclic) bond motifs is 4. The summed E-state index contributed by atoms with van der Waals surface area (Å²) in [4.78, 5) is 37.5. The molecule has 2 atom stereocenters. The molecular weight excluding hydrogens is 561 g/mol. The van der Waals surface area contributed by atoms with Crippen LogP contribution >= 0.6 is 44.0 Å². The van der Waals surface area contributed by atoms with Gasteiger partial charge in [0.1, 0.15) is 0 Å². The van der Waals surface area contributed by atoms with E-state index >= 15 is 0 Å². The van der Waals surface area contributed by atoms with Crippen molar-refractivity contribution in [3.63, 3.8) is 0 Å². The van der Waals surface area contributed by atoms with E-state index in [0.29, 0.717) is 28.9 Å². The van der Waals surface area contributed by atoms with Crippen LogP contribution in [0.4, 0.5) is 0 Å². The summed E-state index contributed by atoms with van der Waals surface area (Å²) < 4.78 is 0. The molecule has 0 saturated heterocycles. The first-order chi connectivity index (χ1) is 18.5. The first kappa shape index (κ1) is 28.6. The van der Waals surface area contributed by atoms with Gasteiger partial charge < -0.3 is 0 Å². The van der Waals surface area contributed by atoms with Gasteiger partial charge in [-0.1, -0.05) is 55.4 Å². The number of nitrogens with zero attached hydrogens (tertiary/aromatic N) is 2. The molecule has 5 rings (SSSR count). The maximum Gasteiger partial charge on any atom is 0.276 e. The van der Waals surface area contributed by atoms with Crippen LogP contribution in [-0.4, -0.2) is 28.2 Å². The van der Waals surface area contributed by atoms with Gasteiger partial charge in [0.2, 0.25) is 0 Å². The highest BCUT2D eigenvalue weighted by Crippen LogP contribution is 2.76. The van der Waals surface area contributed by atoms with Crippen molar-refractivity contribution < 1.29 is 9.59 Å². The molecule has 0 saturated carbocycles. The van der Waals surface area contributed by atoms with Gasteiger partial charge in [0, 0.05) is 24.4 Å². The largest absolute Gasteiger partial charge is 0.276 e. The summed E-state index contributed by atoms with van der Waals surface area (Å²) in [5.41, 5.74) is 0.907. The summed E-state index contributed by atoms with van der Waals surface area (Å²) in [6.45, 7) is 18.2. The Labute approximate surface area is 246 Å².